The molecule has 4 heteroatoms. The van der Waals surface area contributed by atoms with E-state index in [1.807, 2.05) is 11.8 Å². The Labute approximate surface area is 109 Å². The van der Waals surface area contributed by atoms with Gasteiger partial charge in [-0.1, -0.05) is 6.92 Å². The van der Waals surface area contributed by atoms with E-state index in [2.05, 4.69) is 12.2 Å². The lowest BCUT2D eigenvalue weighted by Gasteiger charge is -2.44. The second kappa shape index (κ2) is 6.41. The van der Waals surface area contributed by atoms with Crippen molar-refractivity contribution in [2.75, 3.05) is 31.2 Å². The maximum Gasteiger partial charge on any atom is 0.0701 e. The van der Waals surface area contributed by atoms with Gasteiger partial charge in [0.1, 0.15) is 0 Å². The summed E-state index contributed by atoms with van der Waals surface area (Å²) in [4.78, 5) is 0. The minimum absolute atomic E-state index is 0.0986. The van der Waals surface area contributed by atoms with Crippen molar-refractivity contribution in [2.45, 2.75) is 44.3 Å². The van der Waals surface area contributed by atoms with E-state index in [9.17, 15) is 5.11 Å². The lowest BCUT2D eigenvalue weighted by atomic mass is 9.79. The molecule has 2 aliphatic rings. The fourth-order valence-electron chi connectivity index (χ4n) is 2.94. The molecule has 0 radical (unpaired) electrons. The number of aliphatic hydroxyl groups is 1. The van der Waals surface area contributed by atoms with Crippen LogP contribution in [0.3, 0.4) is 0 Å². The van der Waals surface area contributed by atoms with Crippen LogP contribution < -0.4 is 5.32 Å². The van der Waals surface area contributed by atoms with E-state index in [4.69, 9.17) is 4.74 Å². The third-order valence-electron chi connectivity index (χ3n) is 4.08. The summed E-state index contributed by atoms with van der Waals surface area (Å²) >= 11 is 2.03. The number of aliphatic hydroxyl groups excluding tert-OH is 1. The molecule has 2 unspecified atom stereocenters. The van der Waals surface area contributed by atoms with Crippen LogP contribution in [0.4, 0.5) is 0 Å². The summed E-state index contributed by atoms with van der Waals surface area (Å²) in [6.45, 7) is 4.57. The highest BCUT2D eigenvalue weighted by molar-refractivity contribution is 7.99. The molecule has 0 amide bonds. The Balaban J connectivity index is 1.87. The normalized spacial score (nSPS) is 30.4. The fourth-order valence-corrected chi connectivity index (χ4v) is 4.18. The molecule has 2 N–H and O–H groups in total. The van der Waals surface area contributed by atoms with Gasteiger partial charge in [-0.25, -0.2) is 0 Å². The van der Waals surface area contributed by atoms with Crippen LogP contribution >= 0.6 is 11.8 Å². The predicted molar refractivity (Wildman–Crippen MR) is 72.5 cm³/mol. The lowest BCUT2D eigenvalue weighted by molar-refractivity contribution is -0.120. The Morgan fingerprint density at radius 3 is 2.94 bits per heavy atom. The Kier molecular flexibility index (Phi) is 5.15. The first-order valence-electron chi connectivity index (χ1n) is 6.86. The molecule has 0 aliphatic carbocycles. The molecule has 2 atom stereocenters. The second-order valence-corrected chi connectivity index (χ2v) is 6.50. The van der Waals surface area contributed by atoms with Gasteiger partial charge in [0.15, 0.2) is 0 Å². The Bertz CT molecular complexity index is 226. The van der Waals surface area contributed by atoms with Gasteiger partial charge in [-0.15, -0.1) is 0 Å². The smallest absolute Gasteiger partial charge is 0.0701 e. The summed E-state index contributed by atoms with van der Waals surface area (Å²) in [5.74, 6) is 2.86. The van der Waals surface area contributed by atoms with Crippen molar-refractivity contribution in [1.29, 1.82) is 0 Å². The number of hydrogen-bond donors (Lipinski definition) is 2. The van der Waals surface area contributed by atoms with Gasteiger partial charge >= 0.3 is 0 Å². The van der Waals surface area contributed by atoms with Crippen LogP contribution in [0.2, 0.25) is 0 Å². The van der Waals surface area contributed by atoms with Crippen molar-refractivity contribution in [1.82, 2.24) is 5.32 Å². The topological polar surface area (TPSA) is 41.5 Å². The van der Waals surface area contributed by atoms with E-state index in [0.717, 1.165) is 32.5 Å². The summed E-state index contributed by atoms with van der Waals surface area (Å²) in [5.41, 5.74) is 0.0986. The summed E-state index contributed by atoms with van der Waals surface area (Å²) in [7, 11) is 0. The fraction of sp³-hybridized carbons (Fsp3) is 1.00. The average Bonchev–Trinajstić information content (AvgIpc) is 2.37. The molecule has 100 valence electrons. The first-order valence-corrected chi connectivity index (χ1v) is 8.02. The van der Waals surface area contributed by atoms with Crippen LogP contribution in [-0.4, -0.2) is 48.0 Å². The quantitative estimate of drug-likeness (QED) is 0.805. The van der Waals surface area contributed by atoms with Gasteiger partial charge in [0.25, 0.3) is 0 Å². The maximum absolute atomic E-state index is 10.2. The van der Waals surface area contributed by atoms with Gasteiger partial charge in [0.05, 0.1) is 11.7 Å². The molecule has 2 heterocycles. The molecule has 0 aromatic rings. The zero-order valence-corrected chi connectivity index (χ0v) is 11.6. The summed E-state index contributed by atoms with van der Waals surface area (Å²) in [5, 5.41) is 13.4. The van der Waals surface area contributed by atoms with Gasteiger partial charge in [-0.05, 0) is 49.7 Å². The molecule has 0 aromatic heterocycles. The molecular formula is C13H25NO2S. The second-order valence-electron chi connectivity index (χ2n) is 5.27. The largest absolute Gasteiger partial charge is 0.392 e. The van der Waals surface area contributed by atoms with Gasteiger partial charge in [-0.2, -0.15) is 11.8 Å². The Hall–Kier alpha value is 0.230. The van der Waals surface area contributed by atoms with Gasteiger partial charge in [0.2, 0.25) is 0 Å². The highest BCUT2D eigenvalue weighted by atomic mass is 32.2. The van der Waals surface area contributed by atoms with E-state index >= 15 is 0 Å². The third-order valence-corrected chi connectivity index (χ3v) is 5.07. The van der Waals surface area contributed by atoms with E-state index in [0.29, 0.717) is 5.92 Å². The molecule has 3 nitrogen and oxygen atoms in total. The zero-order valence-electron chi connectivity index (χ0n) is 10.8. The number of likely N-dealkylation sites (N-methyl/N-ethyl adjacent to an activating group) is 1. The summed E-state index contributed by atoms with van der Waals surface area (Å²) < 4.78 is 6.05. The number of rotatable bonds is 4. The molecule has 2 fully saturated rings. The van der Waals surface area contributed by atoms with Crippen molar-refractivity contribution < 1.29 is 9.84 Å². The molecule has 17 heavy (non-hydrogen) atoms. The molecule has 2 aliphatic heterocycles. The van der Waals surface area contributed by atoms with Crippen LogP contribution in [-0.2, 0) is 4.74 Å². The van der Waals surface area contributed by atoms with Gasteiger partial charge < -0.3 is 15.2 Å². The van der Waals surface area contributed by atoms with Gasteiger partial charge in [0, 0.05) is 13.2 Å². The average molecular weight is 259 g/mol. The number of nitrogens with one attached hydrogen (secondary N) is 1. The SMILES string of the molecule is CCNCC(O)C1CCOC2(CCSCC2)C1. The highest BCUT2D eigenvalue weighted by Crippen LogP contribution is 2.40. The molecule has 1 spiro atoms. The third kappa shape index (κ3) is 3.60. The van der Waals surface area contributed by atoms with Crippen LogP contribution in [0, 0.1) is 5.92 Å². The standard InChI is InChI=1S/C13H25NO2S/c1-2-14-10-12(15)11-3-6-16-13(9-11)4-7-17-8-5-13/h11-12,14-15H,2-10H2,1H3. The zero-order chi connectivity index (χ0) is 12.1. The van der Waals surface area contributed by atoms with Gasteiger partial charge in [-0.3, -0.25) is 0 Å². The first-order chi connectivity index (χ1) is 8.26. The lowest BCUT2D eigenvalue weighted by Crippen LogP contribution is -2.47. The van der Waals surface area contributed by atoms with E-state index in [1.54, 1.807) is 0 Å². The van der Waals surface area contributed by atoms with Crippen molar-refractivity contribution in [2.24, 2.45) is 5.92 Å². The first kappa shape index (κ1) is 13.7. The minimum Gasteiger partial charge on any atom is -0.392 e. The van der Waals surface area contributed by atoms with Crippen LogP contribution in [0.15, 0.2) is 0 Å². The Morgan fingerprint density at radius 2 is 2.24 bits per heavy atom. The molecule has 0 bridgehead atoms. The maximum atomic E-state index is 10.2. The number of thioether (sulfide) groups is 1. The summed E-state index contributed by atoms with van der Waals surface area (Å²) in [6.07, 6.45) is 4.21. The predicted octanol–water partition coefficient (Wildman–Crippen LogP) is 1.65. The molecule has 2 rings (SSSR count). The molecule has 0 aromatic carbocycles. The van der Waals surface area contributed by atoms with Crippen molar-refractivity contribution in [3.63, 3.8) is 0 Å². The van der Waals surface area contributed by atoms with Crippen LogP contribution in [0.5, 0.6) is 0 Å². The summed E-state index contributed by atoms with van der Waals surface area (Å²) in [6, 6.07) is 0. The number of ether oxygens (including phenoxy) is 1. The molecule has 0 saturated carbocycles. The van der Waals surface area contributed by atoms with Crippen LogP contribution in [0.25, 0.3) is 0 Å². The molecular weight excluding hydrogens is 234 g/mol. The minimum atomic E-state index is -0.203. The van der Waals surface area contributed by atoms with Crippen molar-refractivity contribution in [3.8, 4) is 0 Å². The Morgan fingerprint density at radius 1 is 1.47 bits per heavy atom. The molecule has 2 saturated heterocycles. The van der Waals surface area contributed by atoms with Crippen molar-refractivity contribution >= 4 is 11.8 Å². The highest BCUT2D eigenvalue weighted by Gasteiger charge is 2.40. The van der Waals surface area contributed by atoms with Crippen molar-refractivity contribution in [3.05, 3.63) is 0 Å². The van der Waals surface area contributed by atoms with E-state index in [1.165, 1.54) is 24.3 Å². The van der Waals surface area contributed by atoms with Crippen LogP contribution in [0.1, 0.15) is 32.6 Å². The number of hydrogen-bond acceptors (Lipinski definition) is 4. The van der Waals surface area contributed by atoms with E-state index < -0.39 is 0 Å². The van der Waals surface area contributed by atoms with E-state index in [-0.39, 0.29) is 11.7 Å². The monoisotopic (exact) mass is 259 g/mol.